The maximum Gasteiger partial charge on any atom is 0.338 e. The third-order valence-corrected chi connectivity index (χ3v) is 2.86. The molecule has 0 bridgehead atoms. The highest BCUT2D eigenvalue weighted by Crippen LogP contribution is 2.18. The van der Waals surface area contributed by atoms with Crippen molar-refractivity contribution >= 4 is 23.6 Å². The SMILES string of the molecule is CCOC(=O)c1ccc(/N=C/c2ccccc2[N+](=O)[O-])cc1. The summed E-state index contributed by atoms with van der Waals surface area (Å²) in [5.74, 6) is -0.392. The lowest BCUT2D eigenvalue weighted by Gasteiger charge is -2.01. The van der Waals surface area contributed by atoms with Crippen LogP contribution in [0.2, 0.25) is 0 Å². The van der Waals surface area contributed by atoms with Gasteiger partial charge in [-0.25, -0.2) is 4.79 Å². The molecule has 0 aromatic heterocycles. The number of nitro groups is 1. The van der Waals surface area contributed by atoms with Crippen LogP contribution in [0, 0.1) is 10.1 Å². The Bertz CT molecular complexity index is 708. The Balaban J connectivity index is 2.17. The zero-order chi connectivity index (χ0) is 15.9. The van der Waals surface area contributed by atoms with E-state index in [1.54, 1.807) is 49.4 Å². The second-order valence-electron chi connectivity index (χ2n) is 4.34. The molecule has 2 rings (SSSR count). The van der Waals surface area contributed by atoms with Gasteiger partial charge in [0.05, 0.1) is 28.3 Å². The Labute approximate surface area is 127 Å². The summed E-state index contributed by atoms with van der Waals surface area (Å²) in [5, 5.41) is 10.9. The van der Waals surface area contributed by atoms with Gasteiger partial charge >= 0.3 is 5.97 Å². The van der Waals surface area contributed by atoms with Gasteiger partial charge in [0, 0.05) is 12.3 Å². The molecular weight excluding hydrogens is 284 g/mol. The monoisotopic (exact) mass is 298 g/mol. The molecule has 2 aromatic carbocycles. The molecule has 0 amide bonds. The lowest BCUT2D eigenvalue weighted by atomic mass is 10.2. The lowest BCUT2D eigenvalue weighted by molar-refractivity contribution is -0.385. The number of carbonyl (C=O) groups excluding carboxylic acids is 1. The number of esters is 1. The average molecular weight is 298 g/mol. The van der Waals surface area contributed by atoms with Gasteiger partial charge in [-0.3, -0.25) is 15.1 Å². The van der Waals surface area contributed by atoms with Crippen molar-refractivity contribution in [1.82, 2.24) is 0 Å². The molecule has 6 nitrogen and oxygen atoms in total. The molecule has 0 heterocycles. The highest BCUT2D eigenvalue weighted by molar-refractivity contribution is 5.90. The van der Waals surface area contributed by atoms with Gasteiger partial charge in [0.2, 0.25) is 0 Å². The normalized spacial score (nSPS) is 10.6. The molecule has 0 fully saturated rings. The van der Waals surface area contributed by atoms with Gasteiger partial charge in [-0.05, 0) is 37.3 Å². The van der Waals surface area contributed by atoms with Gasteiger partial charge in [0.15, 0.2) is 0 Å². The average Bonchev–Trinajstić information content (AvgIpc) is 2.54. The predicted molar refractivity (Wildman–Crippen MR) is 82.7 cm³/mol. The first-order chi connectivity index (χ1) is 10.6. The molecular formula is C16H14N2O4. The first-order valence-electron chi connectivity index (χ1n) is 6.66. The first kappa shape index (κ1) is 15.4. The third-order valence-electron chi connectivity index (χ3n) is 2.86. The number of hydrogen-bond acceptors (Lipinski definition) is 5. The maximum absolute atomic E-state index is 11.5. The van der Waals surface area contributed by atoms with Crippen molar-refractivity contribution in [2.45, 2.75) is 6.92 Å². The van der Waals surface area contributed by atoms with E-state index in [-0.39, 0.29) is 5.69 Å². The minimum atomic E-state index is -0.453. The fraction of sp³-hybridized carbons (Fsp3) is 0.125. The van der Waals surface area contributed by atoms with Gasteiger partial charge in [-0.1, -0.05) is 12.1 Å². The standard InChI is InChI=1S/C16H14N2O4/c1-2-22-16(19)12-7-9-14(10-8-12)17-11-13-5-3-4-6-15(13)18(20)21/h3-11H,2H2,1H3/b17-11+. The van der Waals surface area contributed by atoms with Crippen LogP contribution in [0.4, 0.5) is 11.4 Å². The molecule has 0 atom stereocenters. The van der Waals surface area contributed by atoms with Gasteiger partial charge < -0.3 is 4.74 Å². The number of ether oxygens (including phenoxy) is 1. The lowest BCUT2D eigenvalue weighted by Crippen LogP contribution is -2.03. The van der Waals surface area contributed by atoms with Gasteiger partial charge in [-0.15, -0.1) is 0 Å². The van der Waals surface area contributed by atoms with Crippen molar-refractivity contribution in [2.75, 3.05) is 6.61 Å². The molecule has 0 saturated heterocycles. The molecule has 0 radical (unpaired) electrons. The molecule has 0 saturated carbocycles. The topological polar surface area (TPSA) is 81.8 Å². The third kappa shape index (κ3) is 3.76. The summed E-state index contributed by atoms with van der Waals surface area (Å²) < 4.78 is 4.89. The summed E-state index contributed by atoms with van der Waals surface area (Å²) in [5.41, 5.74) is 1.44. The second-order valence-corrected chi connectivity index (χ2v) is 4.34. The summed E-state index contributed by atoms with van der Waals surface area (Å²) in [6.45, 7) is 2.06. The van der Waals surface area contributed by atoms with Crippen LogP contribution in [0.5, 0.6) is 0 Å². The molecule has 6 heteroatoms. The molecule has 0 spiro atoms. The fourth-order valence-corrected chi connectivity index (χ4v) is 1.81. The molecule has 22 heavy (non-hydrogen) atoms. The van der Waals surface area contributed by atoms with Crippen LogP contribution in [-0.2, 0) is 4.74 Å². The highest BCUT2D eigenvalue weighted by atomic mass is 16.6. The van der Waals surface area contributed by atoms with E-state index in [9.17, 15) is 14.9 Å². The zero-order valence-electron chi connectivity index (χ0n) is 11.9. The Morgan fingerprint density at radius 2 is 1.91 bits per heavy atom. The minimum Gasteiger partial charge on any atom is -0.462 e. The number of carbonyl (C=O) groups is 1. The van der Waals surface area contributed by atoms with E-state index in [4.69, 9.17) is 4.74 Å². The Morgan fingerprint density at radius 3 is 2.55 bits per heavy atom. The molecule has 0 N–H and O–H groups in total. The largest absolute Gasteiger partial charge is 0.462 e. The van der Waals surface area contributed by atoms with E-state index in [1.807, 2.05) is 0 Å². The van der Waals surface area contributed by atoms with Gasteiger partial charge in [0.25, 0.3) is 5.69 Å². The van der Waals surface area contributed by atoms with Crippen LogP contribution in [0.15, 0.2) is 53.5 Å². The molecule has 0 aliphatic rings. The van der Waals surface area contributed by atoms with Crippen LogP contribution in [0.25, 0.3) is 0 Å². The number of para-hydroxylation sites is 1. The maximum atomic E-state index is 11.5. The molecule has 0 unspecified atom stereocenters. The zero-order valence-corrected chi connectivity index (χ0v) is 11.9. The number of rotatable bonds is 5. The summed E-state index contributed by atoms with van der Waals surface area (Å²) >= 11 is 0. The summed E-state index contributed by atoms with van der Waals surface area (Å²) in [6.07, 6.45) is 1.43. The van der Waals surface area contributed by atoms with Crippen molar-refractivity contribution < 1.29 is 14.5 Å². The molecule has 0 aliphatic carbocycles. The summed E-state index contributed by atoms with van der Waals surface area (Å²) in [7, 11) is 0. The number of aliphatic imine (C=N–C) groups is 1. The van der Waals surface area contributed by atoms with Gasteiger partial charge in [0.1, 0.15) is 0 Å². The number of benzene rings is 2. The van der Waals surface area contributed by atoms with Crippen LogP contribution in [-0.4, -0.2) is 23.7 Å². The first-order valence-corrected chi connectivity index (χ1v) is 6.66. The molecule has 2 aromatic rings. The van der Waals surface area contributed by atoms with E-state index in [2.05, 4.69) is 4.99 Å². The van der Waals surface area contributed by atoms with Crippen LogP contribution < -0.4 is 0 Å². The van der Waals surface area contributed by atoms with Crippen molar-refractivity contribution in [3.8, 4) is 0 Å². The number of nitro benzene ring substituents is 1. The number of nitrogens with zero attached hydrogens (tertiary/aromatic N) is 2. The molecule has 0 aliphatic heterocycles. The van der Waals surface area contributed by atoms with Crippen molar-refractivity contribution in [3.63, 3.8) is 0 Å². The highest BCUT2D eigenvalue weighted by Gasteiger charge is 2.10. The van der Waals surface area contributed by atoms with E-state index in [0.717, 1.165) is 0 Å². The quantitative estimate of drug-likeness (QED) is 0.366. The number of hydrogen-bond donors (Lipinski definition) is 0. The van der Waals surface area contributed by atoms with Crippen LogP contribution in [0.3, 0.4) is 0 Å². The predicted octanol–water partition coefficient (Wildman–Crippen LogP) is 3.52. The smallest absolute Gasteiger partial charge is 0.338 e. The van der Waals surface area contributed by atoms with Crippen molar-refractivity contribution in [2.24, 2.45) is 4.99 Å². The van der Waals surface area contributed by atoms with Crippen LogP contribution >= 0.6 is 0 Å². The van der Waals surface area contributed by atoms with E-state index in [0.29, 0.717) is 23.4 Å². The Hall–Kier alpha value is -3.02. The van der Waals surface area contributed by atoms with Gasteiger partial charge in [-0.2, -0.15) is 0 Å². The molecule has 112 valence electrons. The van der Waals surface area contributed by atoms with E-state index >= 15 is 0 Å². The Morgan fingerprint density at radius 1 is 1.23 bits per heavy atom. The summed E-state index contributed by atoms with van der Waals surface area (Å²) in [6, 6.07) is 12.9. The minimum absolute atomic E-state index is 0.00519. The fourth-order valence-electron chi connectivity index (χ4n) is 1.81. The van der Waals surface area contributed by atoms with Crippen molar-refractivity contribution in [1.29, 1.82) is 0 Å². The second kappa shape index (κ2) is 7.12. The Kier molecular flexibility index (Phi) is 4.98. The van der Waals surface area contributed by atoms with E-state index in [1.165, 1.54) is 12.3 Å². The van der Waals surface area contributed by atoms with Crippen LogP contribution in [0.1, 0.15) is 22.8 Å². The van der Waals surface area contributed by atoms with Crippen molar-refractivity contribution in [3.05, 3.63) is 69.8 Å². The summed E-state index contributed by atoms with van der Waals surface area (Å²) in [4.78, 5) is 26.2. The van der Waals surface area contributed by atoms with E-state index < -0.39 is 10.9 Å².